The number of amides is 8. The van der Waals surface area contributed by atoms with Crippen LogP contribution in [-0.2, 0) is 60.7 Å². The molecule has 10 atom stereocenters. The molecule has 3 aliphatic heterocycles. The van der Waals surface area contributed by atoms with E-state index in [1.807, 2.05) is 6.92 Å². The Morgan fingerprint density at radius 2 is 1.52 bits per heavy atom. The fraction of sp³-hybridized carbons (Fsp3) is 0.540. The van der Waals surface area contributed by atoms with E-state index in [0.29, 0.717) is 36.9 Å². The summed E-state index contributed by atoms with van der Waals surface area (Å²) in [5.41, 5.74) is 0.689. The third-order valence-corrected chi connectivity index (χ3v) is 13.0. The molecule has 8 amide bonds. The quantitative estimate of drug-likeness (QED) is 0.103. The Bertz CT molecular complexity index is 2310. The molecule has 0 radical (unpaired) electrons. The maximum Gasteiger partial charge on any atom is 0.329 e. The van der Waals surface area contributed by atoms with Crippen molar-refractivity contribution in [2.45, 2.75) is 154 Å². The first-order chi connectivity index (χ1) is 33.7. The molecular formula is C50H68N8O13. The van der Waals surface area contributed by atoms with Crippen LogP contribution in [0.15, 0.2) is 66.4 Å². The zero-order valence-electron chi connectivity index (χ0n) is 41.3. The standard InChI is InChI=1S/C50H68N8O13/c1-8-14-38(61)57-24-13-17-35(57)44(64)54-41(28(5)59)46(66)55-42-29(6)71-50(70)40(27(3)4)53-45(65)36(25-31-18-20-32(60)21-19-31)56(7)49(69)37(26-30-15-11-10-12-16-30)58-39(62)23-22-34(48(58)68)52-43(63)33(9-2)51-47(42)67/h9-12,15-16,18-21,27-29,34-37,39-42,59-60,62H,8,13-14,17,22-26H2,1-7H3,(H,51,67)(H,52,63)(H,53,65)(H,54,64)(H,55,66)/b33-9+/t28-,29+,34-,35?,36-,37-,39+,40-,41-,42-/m0/s1. The van der Waals surface area contributed by atoms with E-state index >= 15 is 0 Å². The number of nitrogens with zero attached hydrogens (tertiary/aromatic N) is 3. The number of hydrogen-bond donors (Lipinski definition) is 8. The van der Waals surface area contributed by atoms with Gasteiger partial charge in [-0.3, -0.25) is 38.4 Å². The molecule has 3 fully saturated rings. The van der Waals surface area contributed by atoms with E-state index in [4.69, 9.17) is 4.74 Å². The van der Waals surface area contributed by atoms with Crippen molar-refractivity contribution in [1.29, 1.82) is 0 Å². The Labute approximate surface area is 413 Å². The van der Waals surface area contributed by atoms with E-state index in [-0.39, 0.29) is 43.8 Å². The summed E-state index contributed by atoms with van der Waals surface area (Å²) in [6.07, 6.45) is -2.31. The molecule has 0 aliphatic carbocycles. The monoisotopic (exact) mass is 988 g/mol. The lowest BCUT2D eigenvalue weighted by Gasteiger charge is -2.43. The van der Waals surface area contributed by atoms with Gasteiger partial charge in [-0.25, -0.2) is 4.79 Å². The smallest absolute Gasteiger partial charge is 0.329 e. The van der Waals surface area contributed by atoms with Gasteiger partial charge in [0.1, 0.15) is 66.1 Å². The van der Waals surface area contributed by atoms with Crippen molar-refractivity contribution < 1.29 is 63.2 Å². The number of piperidine rings is 1. The zero-order chi connectivity index (χ0) is 52.3. The number of allylic oxidation sites excluding steroid dienone is 1. The fourth-order valence-corrected chi connectivity index (χ4v) is 8.96. The van der Waals surface area contributed by atoms with Crippen LogP contribution in [0.4, 0.5) is 0 Å². The van der Waals surface area contributed by atoms with Crippen LogP contribution in [-0.4, -0.2) is 158 Å². The number of likely N-dealkylation sites (tertiary alicyclic amines) is 1. The van der Waals surface area contributed by atoms with Crippen LogP contribution in [0.2, 0.25) is 0 Å². The third kappa shape index (κ3) is 13.7. The number of carbonyl (C=O) groups excluding carboxylic acids is 9. The molecule has 0 saturated carbocycles. The van der Waals surface area contributed by atoms with Crippen LogP contribution in [0, 0.1) is 5.92 Å². The van der Waals surface area contributed by atoms with Crippen molar-refractivity contribution in [3.63, 3.8) is 0 Å². The average Bonchev–Trinajstić information content (AvgIpc) is 3.83. The molecule has 3 aliphatic rings. The molecule has 2 bridgehead atoms. The molecule has 8 N–H and O–H groups in total. The predicted octanol–water partition coefficient (Wildman–Crippen LogP) is 0.0462. The minimum atomic E-state index is -1.85. The first-order valence-corrected chi connectivity index (χ1v) is 24.1. The number of phenolic OH excluding ortho intramolecular Hbond substituents is 1. The zero-order valence-corrected chi connectivity index (χ0v) is 41.3. The van der Waals surface area contributed by atoms with Gasteiger partial charge in [0, 0.05) is 32.9 Å². The summed E-state index contributed by atoms with van der Waals surface area (Å²) < 4.78 is 5.83. The van der Waals surface area contributed by atoms with Crippen molar-refractivity contribution in [2.24, 2.45) is 5.92 Å². The number of nitrogens with one attached hydrogen (secondary N) is 5. The fourth-order valence-electron chi connectivity index (χ4n) is 8.96. The Balaban J connectivity index is 1.56. The molecule has 5 rings (SSSR count). The summed E-state index contributed by atoms with van der Waals surface area (Å²) in [6.45, 7) is 9.25. The lowest BCUT2D eigenvalue weighted by molar-refractivity contribution is -0.165. The van der Waals surface area contributed by atoms with Gasteiger partial charge in [0.15, 0.2) is 0 Å². The van der Waals surface area contributed by atoms with E-state index in [2.05, 4.69) is 26.6 Å². The highest BCUT2D eigenvalue weighted by molar-refractivity contribution is 6.03. The second-order valence-electron chi connectivity index (χ2n) is 18.6. The van der Waals surface area contributed by atoms with Gasteiger partial charge in [-0.05, 0) is 82.1 Å². The Morgan fingerprint density at radius 3 is 2.14 bits per heavy atom. The largest absolute Gasteiger partial charge is 0.508 e. The number of carbonyl (C=O) groups is 9. The molecule has 2 aromatic rings. The highest BCUT2D eigenvalue weighted by atomic mass is 16.5. The van der Waals surface area contributed by atoms with E-state index < -0.39 is 120 Å². The first kappa shape index (κ1) is 55.1. The number of ether oxygens (including phenoxy) is 1. The van der Waals surface area contributed by atoms with Gasteiger partial charge in [-0.2, -0.15) is 0 Å². The molecule has 71 heavy (non-hydrogen) atoms. The average molecular weight is 989 g/mol. The summed E-state index contributed by atoms with van der Waals surface area (Å²) >= 11 is 0. The summed E-state index contributed by atoms with van der Waals surface area (Å²) in [6, 6.07) is 4.46. The van der Waals surface area contributed by atoms with E-state index in [1.165, 1.54) is 50.9 Å². The van der Waals surface area contributed by atoms with Gasteiger partial charge in [0.25, 0.3) is 11.8 Å². The van der Waals surface area contributed by atoms with E-state index in [9.17, 15) is 58.5 Å². The van der Waals surface area contributed by atoms with E-state index in [1.54, 1.807) is 56.3 Å². The maximum absolute atomic E-state index is 15.0. The molecule has 0 spiro atoms. The van der Waals surface area contributed by atoms with Crippen molar-refractivity contribution in [1.82, 2.24) is 41.3 Å². The van der Waals surface area contributed by atoms with Crippen molar-refractivity contribution in [3.05, 3.63) is 77.5 Å². The number of phenols is 1. The number of benzene rings is 2. The maximum atomic E-state index is 15.0. The van der Waals surface area contributed by atoms with Crippen LogP contribution in [0.1, 0.15) is 91.2 Å². The van der Waals surface area contributed by atoms with Gasteiger partial charge in [0.05, 0.1) is 6.10 Å². The number of hydrogen-bond acceptors (Lipinski definition) is 13. The van der Waals surface area contributed by atoms with Crippen LogP contribution in [0.3, 0.4) is 0 Å². The molecule has 3 saturated heterocycles. The Hall–Kier alpha value is -6.87. The first-order valence-electron chi connectivity index (χ1n) is 24.1. The summed E-state index contributed by atoms with van der Waals surface area (Å²) in [4.78, 5) is 131. The van der Waals surface area contributed by atoms with Crippen LogP contribution < -0.4 is 26.6 Å². The topological polar surface area (TPSA) is 293 Å². The highest BCUT2D eigenvalue weighted by Gasteiger charge is 2.46. The van der Waals surface area contributed by atoms with Crippen molar-refractivity contribution in [3.8, 4) is 5.75 Å². The lowest BCUT2D eigenvalue weighted by atomic mass is 9.95. The number of cyclic esters (lactones) is 1. The number of fused-ring (bicyclic) bond motifs is 2. The SMILES string of the molecule is C/C=C1/NC(=O)[C@@H](NC(=O)[C@@H](NC(=O)C2CCCN2C(=O)CCC)[C@H](C)O)[C@@H](C)OC(=O)[C@H](C(C)C)NC(=O)[C@H](Cc2ccc(O)cc2)N(C)C(=O)[C@H](Cc2ccccc2)N2C(=O)[C@H](CC[C@H]2O)NC1=O. The third-order valence-electron chi connectivity index (χ3n) is 13.0. The molecular weight excluding hydrogens is 921 g/mol. The summed E-state index contributed by atoms with van der Waals surface area (Å²) in [5, 5.41) is 45.1. The van der Waals surface area contributed by atoms with Crippen LogP contribution >= 0.6 is 0 Å². The van der Waals surface area contributed by atoms with Crippen molar-refractivity contribution in [2.75, 3.05) is 13.6 Å². The van der Waals surface area contributed by atoms with E-state index in [0.717, 1.165) is 9.80 Å². The second-order valence-corrected chi connectivity index (χ2v) is 18.6. The van der Waals surface area contributed by atoms with Gasteiger partial charge in [-0.1, -0.05) is 69.3 Å². The molecule has 3 heterocycles. The summed E-state index contributed by atoms with van der Waals surface area (Å²) in [5.74, 6) is -8.39. The second kappa shape index (κ2) is 24.8. The van der Waals surface area contributed by atoms with Gasteiger partial charge in [-0.15, -0.1) is 0 Å². The highest BCUT2D eigenvalue weighted by Crippen LogP contribution is 2.26. The van der Waals surface area contributed by atoms with Gasteiger partial charge < -0.3 is 61.3 Å². The van der Waals surface area contributed by atoms with Gasteiger partial charge in [0.2, 0.25) is 35.4 Å². The number of aromatic hydroxyl groups is 1. The van der Waals surface area contributed by atoms with Gasteiger partial charge >= 0.3 is 5.97 Å². The molecule has 0 aromatic heterocycles. The molecule has 1 unspecified atom stereocenters. The van der Waals surface area contributed by atoms with Crippen LogP contribution in [0.25, 0.3) is 0 Å². The summed E-state index contributed by atoms with van der Waals surface area (Å²) in [7, 11) is 1.35. The molecule has 21 heteroatoms. The van der Waals surface area contributed by atoms with Crippen LogP contribution in [0.5, 0.6) is 5.75 Å². The number of likely N-dealkylation sites (N-methyl/N-ethyl adjacent to an activating group) is 1. The molecule has 21 nitrogen and oxygen atoms in total. The number of rotatable bonds is 12. The molecule has 386 valence electrons. The molecule has 2 aromatic carbocycles. The van der Waals surface area contributed by atoms with Crippen molar-refractivity contribution >= 4 is 53.2 Å². The normalized spacial score (nSPS) is 26.6. The predicted molar refractivity (Wildman–Crippen MR) is 256 cm³/mol. The Kier molecular flexibility index (Phi) is 19.2. The number of aliphatic hydroxyl groups excluding tert-OH is 2. The minimum Gasteiger partial charge on any atom is -0.508 e. The number of aliphatic hydroxyl groups is 2. The minimum absolute atomic E-state index is 0.0613. The lowest BCUT2D eigenvalue weighted by Crippen LogP contribution is -2.64. The number of esters is 1. The Morgan fingerprint density at radius 1 is 0.873 bits per heavy atom.